The minimum atomic E-state index is 0.501. The molecule has 1 aliphatic heterocycles. The van der Waals surface area contributed by atoms with Crippen LogP contribution in [0.15, 0.2) is 60.7 Å². The second-order valence-corrected chi connectivity index (χ2v) is 6.58. The summed E-state index contributed by atoms with van der Waals surface area (Å²) >= 11 is 0. The number of nitrogens with one attached hydrogen (secondary N) is 1. The molecule has 1 aliphatic rings. The topological polar surface area (TPSA) is 28.2 Å². The van der Waals surface area contributed by atoms with Gasteiger partial charge < -0.3 is 10.2 Å². The number of piperazine rings is 1. The minimum Gasteiger partial charge on any atom is -0.314 e. The zero-order valence-electron chi connectivity index (χ0n) is 14.1. The predicted molar refractivity (Wildman–Crippen MR) is 100 cm³/mol. The van der Waals surface area contributed by atoms with Gasteiger partial charge in [0.05, 0.1) is 11.4 Å². The lowest BCUT2D eigenvalue weighted by Crippen LogP contribution is -2.50. The lowest BCUT2D eigenvalue weighted by molar-refractivity contribution is 0.198. The van der Waals surface area contributed by atoms with Crippen LogP contribution in [0.5, 0.6) is 0 Å². The van der Waals surface area contributed by atoms with E-state index in [2.05, 4.69) is 71.9 Å². The van der Waals surface area contributed by atoms with E-state index in [9.17, 15) is 0 Å². The fraction of sp³-hybridized carbons (Fsp3) is 0.286. The third-order valence-electron chi connectivity index (χ3n) is 4.96. The van der Waals surface area contributed by atoms with Gasteiger partial charge in [0.2, 0.25) is 0 Å². The Balaban J connectivity index is 1.78. The smallest absolute Gasteiger partial charge is 0.0711 e. The molecule has 1 aromatic heterocycles. The molecule has 0 amide bonds. The highest BCUT2D eigenvalue weighted by Gasteiger charge is 2.20. The molecule has 1 unspecified atom stereocenters. The van der Waals surface area contributed by atoms with Crippen LogP contribution >= 0.6 is 0 Å². The van der Waals surface area contributed by atoms with Crippen molar-refractivity contribution in [3.8, 4) is 11.3 Å². The summed E-state index contributed by atoms with van der Waals surface area (Å²) < 4.78 is 0. The molecule has 3 heteroatoms. The Morgan fingerprint density at radius 2 is 1.88 bits per heavy atom. The van der Waals surface area contributed by atoms with Crippen LogP contribution in [0.3, 0.4) is 0 Å². The number of hydrogen-bond donors (Lipinski definition) is 1. The van der Waals surface area contributed by atoms with Crippen molar-refractivity contribution in [2.24, 2.45) is 0 Å². The van der Waals surface area contributed by atoms with Gasteiger partial charge in [0.25, 0.3) is 0 Å². The molecule has 0 spiro atoms. The van der Waals surface area contributed by atoms with Gasteiger partial charge in [-0.15, -0.1) is 0 Å². The Hall–Kier alpha value is -2.23. The van der Waals surface area contributed by atoms with E-state index in [1.807, 2.05) is 6.07 Å². The van der Waals surface area contributed by atoms with Crippen molar-refractivity contribution in [1.82, 2.24) is 15.2 Å². The molecule has 0 bridgehead atoms. The Bertz CT molecular complexity index is 829. The highest BCUT2D eigenvalue weighted by molar-refractivity contribution is 5.88. The Labute approximate surface area is 143 Å². The summed E-state index contributed by atoms with van der Waals surface area (Å²) in [5, 5.41) is 6.06. The second-order valence-electron chi connectivity index (χ2n) is 6.58. The molecule has 3 nitrogen and oxygen atoms in total. The average Bonchev–Trinajstić information content (AvgIpc) is 2.64. The molecule has 2 heterocycles. The zero-order chi connectivity index (χ0) is 16.4. The van der Waals surface area contributed by atoms with Gasteiger partial charge in [-0.1, -0.05) is 54.6 Å². The van der Waals surface area contributed by atoms with E-state index in [1.54, 1.807) is 0 Å². The molecule has 0 aliphatic carbocycles. The van der Waals surface area contributed by atoms with Crippen LogP contribution < -0.4 is 5.32 Å². The van der Waals surface area contributed by atoms with Gasteiger partial charge in [0.15, 0.2) is 0 Å². The van der Waals surface area contributed by atoms with Crippen molar-refractivity contribution in [2.75, 3.05) is 26.7 Å². The van der Waals surface area contributed by atoms with Crippen LogP contribution in [0.2, 0.25) is 0 Å². The van der Waals surface area contributed by atoms with Gasteiger partial charge in [-0.2, -0.15) is 0 Å². The van der Waals surface area contributed by atoms with Crippen molar-refractivity contribution in [3.05, 3.63) is 66.4 Å². The zero-order valence-corrected chi connectivity index (χ0v) is 14.1. The first-order valence-corrected chi connectivity index (χ1v) is 8.66. The molecule has 1 atom stereocenters. The number of benzene rings is 2. The van der Waals surface area contributed by atoms with Crippen LogP contribution in [0.1, 0.15) is 5.69 Å². The van der Waals surface area contributed by atoms with E-state index in [4.69, 9.17) is 4.98 Å². The molecule has 2 aromatic carbocycles. The summed E-state index contributed by atoms with van der Waals surface area (Å²) in [6, 6.07) is 21.8. The SMILES string of the molecule is CN1CCNCC1Cc1nc(-c2ccccc2)cc2ccccc12. The number of likely N-dealkylation sites (N-methyl/N-ethyl adjacent to an activating group) is 1. The summed E-state index contributed by atoms with van der Waals surface area (Å²) in [4.78, 5) is 7.49. The normalized spacial score (nSPS) is 18.8. The van der Waals surface area contributed by atoms with Crippen molar-refractivity contribution in [1.29, 1.82) is 0 Å². The first-order valence-electron chi connectivity index (χ1n) is 8.66. The summed E-state index contributed by atoms with van der Waals surface area (Å²) in [5.41, 5.74) is 3.45. The fourth-order valence-electron chi connectivity index (χ4n) is 3.50. The lowest BCUT2D eigenvalue weighted by Gasteiger charge is -2.33. The van der Waals surface area contributed by atoms with Gasteiger partial charge in [-0.05, 0) is 18.5 Å². The molecule has 1 saturated heterocycles. The molecule has 3 aromatic rings. The maximum absolute atomic E-state index is 5.05. The minimum absolute atomic E-state index is 0.501. The van der Waals surface area contributed by atoms with Crippen molar-refractivity contribution in [2.45, 2.75) is 12.5 Å². The lowest BCUT2D eigenvalue weighted by atomic mass is 10.00. The molecule has 1 fully saturated rings. The average molecular weight is 317 g/mol. The summed E-state index contributed by atoms with van der Waals surface area (Å²) in [6.45, 7) is 3.20. The molecule has 4 rings (SSSR count). The second kappa shape index (κ2) is 6.71. The number of rotatable bonds is 3. The van der Waals surface area contributed by atoms with E-state index in [1.165, 1.54) is 22.0 Å². The van der Waals surface area contributed by atoms with E-state index in [0.717, 1.165) is 31.7 Å². The fourth-order valence-corrected chi connectivity index (χ4v) is 3.50. The maximum atomic E-state index is 5.05. The van der Waals surface area contributed by atoms with Crippen molar-refractivity contribution < 1.29 is 0 Å². The predicted octanol–water partition coefficient (Wildman–Crippen LogP) is 3.35. The van der Waals surface area contributed by atoms with E-state index < -0.39 is 0 Å². The molecular weight excluding hydrogens is 294 g/mol. The Kier molecular flexibility index (Phi) is 4.28. The molecule has 0 saturated carbocycles. The third-order valence-corrected chi connectivity index (χ3v) is 4.96. The standard InChI is InChI=1S/C21H23N3/c1-24-12-11-22-15-18(24)14-21-19-10-6-5-9-17(19)13-20(23-21)16-7-3-2-4-8-16/h2-10,13,18,22H,11-12,14-15H2,1H3. The molecule has 0 radical (unpaired) electrons. The van der Waals surface area contributed by atoms with Crippen LogP contribution in [0, 0.1) is 0 Å². The first-order chi connectivity index (χ1) is 11.8. The van der Waals surface area contributed by atoms with E-state index in [-0.39, 0.29) is 0 Å². The highest BCUT2D eigenvalue weighted by atomic mass is 15.2. The van der Waals surface area contributed by atoms with Gasteiger partial charge in [-0.3, -0.25) is 4.98 Å². The van der Waals surface area contributed by atoms with Crippen LogP contribution in [0.25, 0.3) is 22.0 Å². The van der Waals surface area contributed by atoms with Gasteiger partial charge in [-0.25, -0.2) is 0 Å². The number of fused-ring (bicyclic) bond motifs is 1. The van der Waals surface area contributed by atoms with Crippen LogP contribution in [0.4, 0.5) is 0 Å². The van der Waals surface area contributed by atoms with E-state index >= 15 is 0 Å². The first kappa shape index (κ1) is 15.3. The maximum Gasteiger partial charge on any atom is 0.0711 e. The van der Waals surface area contributed by atoms with Gasteiger partial charge >= 0.3 is 0 Å². The Morgan fingerprint density at radius 1 is 1.08 bits per heavy atom. The molecule has 122 valence electrons. The summed E-state index contributed by atoms with van der Waals surface area (Å²) in [7, 11) is 2.22. The molecule has 1 N–H and O–H groups in total. The largest absolute Gasteiger partial charge is 0.314 e. The van der Waals surface area contributed by atoms with Crippen molar-refractivity contribution >= 4 is 10.8 Å². The van der Waals surface area contributed by atoms with Gasteiger partial charge in [0.1, 0.15) is 0 Å². The number of aromatic nitrogens is 1. The van der Waals surface area contributed by atoms with Crippen LogP contribution in [-0.4, -0.2) is 42.6 Å². The monoisotopic (exact) mass is 317 g/mol. The Morgan fingerprint density at radius 3 is 2.71 bits per heavy atom. The number of hydrogen-bond acceptors (Lipinski definition) is 3. The van der Waals surface area contributed by atoms with E-state index in [0.29, 0.717) is 6.04 Å². The quantitative estimate of drug-likeness (QED) is 0.803. The molecule has 24 heavy (non-hydrogen) atoms. The summed E-state index contributed by atoms with van der Waals surface area (Å²) in [6.07, 6.45) is 0.977. The highest BCUT2D eigenvalue weighted by Crippen LogP contribution is 2.26. The molecular formula is C21H23N3. The summed E-state index contributed by atoms with van der Waals surface area (Å²) in [5.74, 6) is 0. The van der Waals surface area contributed by atoms with Gasteiger partial charge in [0, 0.05) is 43.0 Å². The number of pyridine rings is 1. The third kappa shape index (κ3) is 3.05. The van der Waals surface area contributed by atoms with Crippen LogP contribution in [-0.2, 0) is 6.42 Å². The number of nitrogens with zero attached hydrogens (tertiary/aromatic N) is 2. The van der Waals surface area contributed by atoms with Crippen molar-refractivity contribution in [3.63, 3.8) is 0 Å².